The van der Waals surface area contributed by atoms with Crippen LogP contribution < -0.4 is 5.32 Å². The van der Waals surface area contributed by atoms with Crippen molar-refractivity contribution in [2.75, 3.05) is 0 Å². The van der Waals surface area contributed by atoms with Crippen molar-refractivity contribution in [3.8, 4) is 22.4 Å². The fourth-order valence-electron chi connectivity index (χ4n) is 4.59. The minimum atomic E-state index is -0.0907. The van der Waals surface area contributed by atoms with E-state index < -0.39 is 0 Å². The lowest BCUT2D eigenvalue weighted by atomic mass is 9.90. The molecule has 35 heavy (non-hydrogen) atoms. The topological polar surface area (TPSA) is 42.0 Å². The summed E-state index contributed by atoms with van der Waals surface area (Å²) in [4.78, 5) is 19.2. The van der Waals surface area contributed by atoms with Gasteiger partial charge in [-0.25, -0.2) is 4.98 Å². The maximum Gasteiger partial charge on any atom is 0.253 e. The lowest BCUT2D eigenvalue weighted by Crippen LogP contribution is -2.29. The quantitative estimate of drug-likeness (QED) is 0.284. The number of para-hydroxylation sites is 1. The van der Waals surface area contributed by atoms with E-state index in [2.05, 4.69) is 67.7 Å². The Morgan fingerprint density at radius 2 is 1.40 bits per heavy atom. The van der Waals surface area contributed by atoms with Crippen LogP contribution in [-0.4, -0.2) is 10.9 Å². The van der Waals surface area contributed by atoms with Gasteiger partial charge in [-0.3, -0.25) is 4.79 Å². The standard InChI is InChI=1S/C32H28N2O/c1-3-27(23-12-6-4-7-13-23)34-32(35)30-26-16-10-11-17-28(26)33-31(25-14-8-5-9-15-25)29(30)24-20-18-22(2)19-21-24/h4-21,27H,3H2,1-2H3,(H,34,35)/t27-/m0/s1. The van der Waals surface area contributed by atoms with Gasteiger partial charge >= 0.3 is 0 Å². The summed E-state index contributed by atoms with van der Waals surface area (Å²) in [7, 11) is 0. The van der Waals surface area contributed by atoms with Crippen LogP contribution in [0.3, 0.4) is 0 Å². The number of carbonyl (C=O) groups excluding carboxylic acids is 1. The van der Waals surface area contributed by atoms with Crippen LogP contribution in [0.5, 0.6) is 0 Å². The van der Waals surface area contributed by atoms with Gasteiger partial charge < -0.3 is 5.32 Å². The molecule has 5 aromatic rings. The third kappa shape index (κ3) is 4.58. The van der Waals surface area contributed by atoms with Crippen LogP contribution in [0.15, 0.2) is 109 Å². The van der Waals surface area contributed by atoms with Crippen LogP contribution >= 0.6 is 0 Å². The minimum absolute atomic E-state index is 0.0818. The molecule has 3 nitrogen and oxygen atoms in total. The highest BCUT2D eigenvalue weighted by molar-refractivity contribution is 6.14. The number of hydrogen-bond donors (Lipinski definition) is 1. The number of carbonyl (C=O) groups is 1. The number of benzene rings is 4. The molecule has 0 aliphatic rings. The maximum atomic E-state index is 14.1. The molecule has 1 atom stereocenters. The molecule has 5 rings (SSSR count). The second-order valence-corrected chi connectivity index (χ2v) is 8.80. The van der Waals surface area contributed by atoms with E-state index in [1.807, 2.05) is 60.7 Å². The number of aryl methyl sites for hydroxylation is 1. The molecule has 0 bridgehead atoms. The smallest absolute Gasteiger partial charge is 0.253 e. The van der Waals surface area contributed by atoms with E-state index >= 15 is 0 Å². The third-order valence-corrected chi connectivity index (χ3v) is 6.42. The fourth-order valence-corrected chi connectivity index (χ4v) is 4.59. The van der Waals surface area contributed by atoms with Crippen molar-refractivity contribution < 1.29 is 4.79 Å². The molecule has 0 saturated carbocycles. The van der Waals surface area contributed by atoms with Gasteiger partial charge in [-0.15, -0.1) is 0 Å². The van der Waals surface area contributed by atoms with Crippen LogP contribution in [0.1, 0.15) is 40.9 Å². The molecular weight excluding hydrogens is 428 g/mol. The minimum Gasteiger partial charge on any atom is -0.345 e. The van der Waals surface area contributed by atoms with E-state index in [0.717, 1.165) is 45.3 Å². The van der Waals surface area contributed by atoms with Gasteiger partial charge in [0.05, 0.1) is 22.8 Å². The Morgan fingerprint density at radius 1 is 0.771 bits per heavy atom. The lowest BCUT2D eigenvalue weighted by molar-refractivity contribution is 0.0938. The van der Waals surface area contributed by atoms with Gasteiger partial charge in [0.2, 0.25) is 0 Å². The Labute approximate surface area is 206 Å². The number of nitrogens with zero attached hydrogens (tertiary/aromatic N) is 1. The van der Waals surface area contributed by atoms with E-state index in [0.29, 0.717) is 5.56 Å². The van der Waals surface area contributed by atoms with Gasteiger partial charge in [-0.1, -0.05) is 116 Å². The number of hydrogen-bond acceptors (Lipinski definition) is 2. The molecular formula is C32H28N2O. The zero-order valence-corrected chi connectivity index (χ0v) is 20.0. The van der Waals surface area contributed by atoms with Crippen molar-refractivity contribution in [2.45, 2.75) is 26.3 Å². The number of amides is 1. The van der Waals surface area contributed by atoms with E-state index in [1.54, 1.807) is 0 Å². The van der Waals surface area contributed by atoms with E-state index in [-0.39, 0.29) is 11.9 Å². The molecule has 172 valence electrons. The molecule has 3 heteroatoms. The summed E-state index contributed by atoms with van der Waals surface area (Å²) in [6.07, 6.45) is 0.796. The Balaban J connectivity index is 1.76. The molecule has 0 radical (unpaired) electrons. The average molecular weight is 457 g/mol. The molecule has 0 fully saturated rings. The predicted octanol–water partition coefficient (Wildman–Crippen LogP) is 7.76. The van der Waals surface area contributed by atoms with Crippen LogP contribution in [0.25, 0.3) is 33.3 Å². The highest BCUT2D eigenvalue weighted by atomic mass is 16.1. The van der Waals surface area contributed by atoms with Gasteiger partial charge in [0.15, 0.2) is 0 Å². The number of aromatic nitrogens is 1. The predicted molar refractivity (Wildman–Crippen MR) is 144 cm³/mol. The van der Waals surface area contributed by atoms with Crippen LogP contribution in [0, 0.1) is 6.92 Å². The molecule has 0 saturated heterocycles. The molecule has 0 spiro atoms. The van der Waals surface area contributed by atoms with Crippen molar-refractivity contribution >= 4 is 16.8 Å². The zero-order valence-electron chi connectivity index (χ0n) is 20.0. The molecule has 0 unspecified atom stereocenters. The van der Waals surface area contributed by atoms with Gasteiger partial charge in [-0.2, -0.15) is 0 Å². The second-order valence-electron chi connectivity index (χ2n) is 8.80. The number of fused-ring (bicyclic) bond motifs is 1. The molecule has 1 N–H and O–H groups in total. The van der Waals surface area contributed by atoms with Gasteiger partial charge in [-0.05, 0) is 30.5 Å². The van der Waals surface area contributed by atoms with Crippen molar-refractivity contribution in [1.29, 1.82) is 0 Å². The normalized spacial score (nSPS) is 11.8. The SMILES string of the molecule is CC[C@H](NC(=O)c1c(-c2ccc(C)cc2)c(-c2ccccc2)nc2ccccc12)c1ccccc1. The summed E-state index contributed by atoms with van der Waals surface area (Å²) in [5.41, 5.74) is 7.37. The highest BCUT2D eigenvalue weighted by Crippen LogP contribution is 2.38. The molecule has 0 aliphatic carbocycles. The Morgan fingerprint density at radius 3 is 2.09 bits per heavy atom. The Bertz CT molecular complexity index is 1460. The van der Waals surface area contributed by atoms with Gasteiger partial charge in [0, 0.05) is 16.5 Å². The van der Waals surface area contributed by atoms with E-state index in [9.17, 15) is 4.79 Å². The summed E-state index contributed by atoms with van der Waals surface area (Å²) >= 11 is 0. The van der Waals surface area contributed by atoms with Crippen molar-refractivity contribution in [1.82, 2.24) is 10.3 Å². The second kappa shape index (κ2) is 9.94. The van der Waals surface area contributed by atoms with Crippen molar-refractivity contribution in [2.24, 2.45) is 0 Å². The molecule has 4 aromatic carbocycles. The first-order valence-electron chi connectivity index (χ1n) is 12.1. The van der Waals surface area contributed by atoms with E-state index in [4.69, 9.17) is 4.98 Å². The summed E-state index contributed by atoms with van der Waals surface area (Å²) in [6.45, 7) is 4.17. The number of pyridine rings is 1. The van der Waals surface area contributed by atoms with Gasteiger partial charge in [0.25, 0.3) is 5.91 Å². The van der Waals surface area contributed by atoms with Crippen LogP contribution in [0.4, 0.5) is 0 Å². The van der Waals surface area contributed by atoms with Crippen LogP contribution in [-0.2, 0) is 0 Å². The Kier molecular flexibility index (Phi) is 6.40. The summed E-state index contributed by atoms with van der Waals surface area (Å²) in [5, 5.41) is 4.18. The first-order chi connectivity index (χ1) is 17.2. The molecule has 1 heterocycles. The van der Waals surface area contributed by atoms with E-state index in [1.165, 1.54) is 5.56 Å². The summed E-state index contributed by atoms with van der Waals surface area (Å²) in [6, 6.07) is 36.4. The first kappa shape index (κ1) is 22.5. The zero-order chi connectivity index (χ0) is 24.2. The Hall–Kier alpha value is -4.24. The largest absolute Gasteiger partial charge is 0.345 e. The highest BCUT2D eigenvalue weighted by Gasteiger charge is 2.24. The monoisotopic (exact) mass is 456 g/mol. The molecule has 1 amide bonds. The summed E-state index contributed by atoms with van der Waals surface area (Å²) < 4.78 is 0. The first-order valence-corrected chi connectivity index (χ1v) is 12.1. The molecule has 1 aromatic heterocycles. The average Bonchev–Trinajstić information content (AvgIpc) is 2.92. The summed E-state index contributed by atoms with van der Waals surface area (Å²) in [5.74, 6) is -0.0907. The van der Waals surface area contributed by atoms with Crippen molar-refractivity contribution in [3.63, 3.8) is 0 Å². The lowest BCUT2D eigenvalue weighted by Gasteiger charge is -2.21. The maximum absolute atomic E-state index is 14.1. The number of rotatable bonds is 6. The third-order valence-electron chi connectivity index (χ3n) is 6.42. The van der Waals surface area contributed by atoms with Gasteiger partial charge in [0.1, 0.15) is 0 Å². The fraction of sp³-hybridized carbons (Fsp3) is 0.125. The molecule has 0 aliphatic heterocycles. The van der Waals surface area contributed by atoms with Crippen molar-refractivity contribution in [3.05, 3.63) is 126 Å². The van der Waals surface area contributed by atoms with Crippen LogP contribution in [0.2, 0.25) is 0 Å². The number of nitrogens with one attached hydrogen (secondary N) is 1.